The van der Waals surface area contributed by atoms with Crippen molar-refractivity contribution in [2.45, 2.75) is 40.0 Å². The van der Waals surface area contributed by atoms with Gasteiger partial charge < -0.3 is 15.4 Å². The maximum absolute atomic E-state index is 13.0. The van der Waals surface area contributed by atoms with E-state index in [9.17, 15) is 9.59 Å². The minimum Gasteiger partial charge on any atom is -0.497 e. The molecule has 0 fully saturated rings. The Morgan fingerprint density at radius 2 is 1.61 bits per heavy atom. The standard InChI is InChI=1S/C25H28N2O3S/c1-15-16(2)31-24(21(15)23(29)26-19-8-7-9-20(14-19)30-6)27-22(28)17-10-12-18(13-11-17)25(3,4)5/h7-14H,1-6H3,(H,26,29)(H,27,28). The summed E-state index contributed by atoms with van der Waals surface area (Å²) in [6.07, 6.45) is 0. The van der Waals surface area contributed by atoms with Crippen LogP contribution in [0, 0.1) is 13.8 Å². The van der Waals surface area contributed by atoms with Crippen LogP contribution in [0.15, 0.2) is 48.5 Å². The van der Waals surface area contributed by atoms with E-state index < -0.39 is 0 Å². The van der Waals surface area contributed by atoms with Crippen LogP contribution < -0.4 is 15.4 Å². The number of amides is 2. The van der Waals surface area contributed by atoms with E-state index in [1.165, 1.54) is 11.3 Å². The number of methoxy groups -OCH3 is 1. The van der Waals surface area contributed by atoms with Crippen LogP contribution in [0.25, 0.3) is 0 Å². The number of carbonyl (C=O) groups is 2. The van der Waals surface area contributed by atoms with Crippen LogP contribution in [0.2, 0.25) is 0 Å². The number of thiophene rings is 1. The lowest BCUT2D eigenvalue weighted by Crippen LogP contribution is -2.18. The van der Waals surface area contributed by atoms with Crippen molar-refractivity contribution in [3.05, 3.63) is 75.7 Å². The fourth-order valence-corrected chi connectivity index (χ4v) is 4.23. The van der Waals surface area contributed by atoms with Crippen LogP contribution >= 0.6 is 11.3 Å². The van der Waals surface area contributed by atoms with Gasteiger partial charge >= 0.3 is 0 Å². The molecule has 162 valence electrons. The highest BCUT2D eigenvalue weighted by atomic mass is 32.1. The Kier molecular flexibility index (Phi) is 6.51. The molecule has 2 amide bonds. The molecule has 0 saturated heterocycles. The number of benzene rings is 2. The van der Waals surface area contributed by atoms with Crippen molar-refractivity contribution < 1.29 is 14.3 Å². The molecule has 0 bridgehead atoms. The van der Waals surface area contributed by atoms with Gasteiger partial charge in [0.25, 0.3) is 11.8 Å². The van der Waals surface area contributed by atoms with Gasteiger partial charge in [0.15, 0.2) is 0 Å². The van der Waals surface area contributed by atoms with Crippen LogP contribution in [-0.2, 0) is 5.41 Å². The lowest BCUT2D eigenvalue weighted by atomic mass is 9.87. The highest BCUT2D eigenvalue weighted by Gasteiger charge is 2.22. The second-order valence-electron chi connectivity index (χ2n) is 8.45. The third kappa shape index (κ3) is 5.14. The largest absolute Gasteiger partial charge is 0.497 e. The predicted molar refractivity (Wildman–Crippen MR) is 128 cm³/mol. The number of rotatable bonds is 5. The molecule has 0 aliphatic carbocycles. The Bertz CT molecular complexity index is 1110. The number of nitrogens with one attached hydrogen (secondary N) is 2. The van der Waals surface area contributed by atoms with E-state index in [0.29, 0.717) is 27.6 Å². The lowest BCUT2D eigenvalue weighted by molar-refractivity contribution is 0.102. The third-order valence-electron chi connectivity index (χ3n) is 5.18. The van der Waals surface area contributed by atoms with Crippen LogP contribution in [0.3, 0.4) is 0 Å². The zero-order chi connectivity index (χ0) is 22.8. The normalized spacial score (nSPS) is 11.2. The van der Waals surface area contributed by atoms with Crippen molar-refractivity contribution in [1.29, 1.82) is 0 Å². The molecule has 0 aliphatic rings. The van der Waals surface area contributed by atoms with Crippen LogP contribution in [0.5, 0.6) is 5.75 Å². The molecule has 0 unspecified atom stereocenters. The molecule has 0 saturated carbocycles. The van der Waals surface area contributed by atoms with E-state index in [-0.39, 0.29) is 17.2 Å². The van der Waals surface area contributed by atoms with E-state index in [1.807, 2.05) is 50.2 Å². The Morgan fingerprint density at radius 1 is 0.935 bits per heavy atom. The van der Waals surface area contributed by atoms with Gasteiger partial charge in [-0.15, -0.1) is 11.3 Å². The molecule has 2 aromatic carbocycles. The second kappa shape index (κ2) is 8.94. The number of carbonyl (C=O) groups excluding carboxylic acids is 2. The van der Waals surface area contributed by atoms with Crippen LogP contribution in [-0.4, -0.2) is 18.9 Å². The Morgan fingerprint density at radius 3 is 2.23 bits per heavy atom. The van der Waals surface area contributed by atoms with Crippen molar-refractivity contribution >= 4 is 33.8 Å². The predicted octanol–water partition coefficient (Wildman–Crippen LogP) is 6.18. The van der Waals surface area contributed by atoms with Crippen molar-refractivity contribution in [3.8, 4) is 5.75 Å². The monoisotopic (exact) mass is 436 g/mol. The molecule has 3 rings (SSSR count). The number of hydrogen-bond donors (Lipinski definition) is 2. The summed E-state index contributed by atoms with van der Waals surface area (Å²) >= 11 is 1.40. The Hall–Kier alpha value is -3.12. The lowest BCUT2D eigenvalue weighted by Gasteiger charge is -2.19. The minimum atomic E-state index is -0.270. The Labute approximate surface area is 187 Å². The molecule has 5 nitrogen and oxygen atoms in total. The molecule has 2 N–H and O–H groups in total. The van der Waals surface area contributed by atoms with Gasteiger partial charge in [0.1, 0.15) is 10.8 Å². The van der Waals surface area contributed by atoms with Crippen LogP contribution in [0.1, 0.15) is 57.5 Å². The van der Waals surface area contributed by atoms with Gasteiger partial charge in [-0.2, -0.15) is 0 Å². The second-order valence-corrected chi connectivity index (χ2v) is 9.68. The fourth-order valence-electron chi connectivity index (χ4n) is 3.18. The number of hydrogen-bond acceptors (Lipinski definition) is 4. The molecule has 0 spiro atoms. The quantitative estimate of drug-likeness (QED) is 0.502. The Balaban J connectivity index is 1.83. The zero-order valence-electron chi connectivity index (χ0n) is 18.8. The maximum Gasteiger partial charge on any atom is 0.258 e. The minimum absolute atomic E-state index is 0.0162. The van der Waals surface area contributed by atoms with Crippen molar-refractivity contribution in [2.75, 3.05) is 17.7 Å². The van der Waals surface area contributed by atoms with E-state index >= 15 is 0 Å². The molecule has 0 radical (unpaired) electrons. The van der Waals surface area contributed by atoms with Gasteiger partial charge in [-0.25, -0.2) is 0 Å². The van der Waals surface area contributed by atoms with Crippen molar-refractivity contribution in [2.24, 2.45) is 0 Å². The SMILES string of the molecule is COc1cccc(NC(=O)c2c(NC(=O)c3ccc(C(C)(C)C)cc3)sc(C)c2C)c1. The van der Waals surface area contributed by atoms with Crippen LogP contribution in [0.4, 0.5) is 10.7 Å². The van der Waals surface area contributed by atoms with Gasteiger partial charge in [-0.3, -0.25) is 9.59 Å². The first-order chi connectivity index (χ1) is 14.6. The van der Waals surface area contributed by atoms with Gasteiger partial charge in [-0.05, 0) is 54.7 Å². The topological polar surface area (TPSA) is 67.4 Å². The molecule has 0 atom stereocenters. The summed E-state index contributed by atoms with van der Waals surface area (Å²) in [4.78, 5) is 26.9. The average Bonchev–Trinajstić information content (AvgIpc) is 3.00. The van der Waals surface area contributed by atoms with Gasteiger partial charge in [-0.1, -0.05) is 39.0 Å². The molecular weight excluding hydrogens is 408 g/mol. The van der Waals surface area contributed by atoms with E-state index in [4.69, 9.17) is 4.74 Å². The first-order valence-corrected chi connectivity index (χ1v) is 10.9. The third-order valence-corrected chi connectivity index (χ3v) is 6.30. The number of aryl methyl sites for hydroxylation is 1. The molecule has 6 heteroatoms. The van der Waals surface area contributed by atoms with Gasteiger partial charge in [0.2, 0.25) is 0 Å². The summed E-state index contributed by atoms with van der Waals surface area (Å²) in [5, 5.41) is 6.37. The first kappa shape index (κ1) is 22.6. The highest BCUT2D eigenvalue weighted by molar-refractivity contribution is 7.16. The smallest absolute Gasteiger partial charge is 0.258 e. The average molecular weight is 437 g/mol. The summed E-state index contributed by atoms with van der Waals surface area (Å²) < 4.78 is 5.22. The van der Waals surface area contributed by atoms with E-state index in [2.05, 4.69) is 31.4 Å². The fraction of sp³-hybridized carbons (Fsp3) is 0.280. The first-order valence-electron chi connectivity index (χ1n) is 10.1. The van der Waals surface area contributed by atoms with Gasteiger partial charge in [0.05, 0.1) is 12.7 Å². The summed E-state index contributed by atoms with van der Waals surface area (Å²) in [5.74, 6) is 0.147. The summed E-state index contributed by atoms with van der Waals surface area (Å²) in [6, 6.07) is 14.7. The zero-order valence-corrected chi connectivity index (χ0v) is 19.6. The molecule has 31 heavy (non-hydrogen) atoms. The molecular formula is C25H28N2O3S. The molecule has 1 heterocycles. The van der Waals surface area contributed by atoms with E-state index in [0.717, 1.165) is 16.0 Å². The van der Waals surface area contributed by atoms with Crippen molar-refractivity contribution in [3.63, 3.8) is 0 Å². The molecule has 0 aliphatic heterocycles. The van der Waals surface area contributed by atoms with Crippen molar-refractivity contribution in [1.82, 2.24) is 0 Å². The van der Waals surface area contributed by atoms with E-state index in [1.54, 1.807) is 19.2 Å². The molecule has 1 aromatic heterocycles. The number of ether oxygens (including phenoxy) is 1. The molecule has 3 aromatic rings. The highest BCUT2D eigenvalue weighted by Crippen LogP contribution is 2.34. The summed E-state index contributed by atoms with van der Waals surface area (Å²) in [6.45, 7) is 10.2. The number of anilines is 2. The maximum atomic E-state index is 13.0. The summed E-state index contributed by atoms with van der Waals surface area (Å²) in [5.41, 5.74) is 3.68. The van der Waals surface area contributed by atoms with Gasteiger partial charge in [0, 0.05) is 22.2 Å². The summed E-state index contributed by atoms with van der Waals surface area (Å²) in [7, 11) is 1.58.